The Hall–Kier alpha value is -2.65. The highest BCUT2D eigenvalue weighted by atomic mass is 16.4. The van der Waals surface area contributed by atoms with E-state index in [1.165, 1.54) is 0 Å². The van der Waals surface area contributed by atoms with Gasteiger partial charge in [-0.2, -0.15) is 0 Å². The van der Waals surface area contributed by atoms with Crippen molar-refractivity contribution in [2.45, 2.75) is 52.9 Å². The molecule has 1 heterocycles. The molecule has 0 aromatic heterocycles. The Labute approximate surface area is 276 Å². The number of rotatable bonds is 21. The van der Waals surface area contributed by atoms with Gasteiger partial charge in [-0.1, -0.05) is 20.8 Å². The van der Waals surface area contributed by atoms with Crippen molar-refractivity contribution in [3.8, 4) is 0 Å². The highest BCUT2D eigenvalue weighted by Crippen LogP contribution is 2.03. The lowest BCUT2D eigenvalue weighted by Gasteiger charge is -2.33. The van der Waals surface area contributed by atoms with Crippen LogP contribution in [0, 0.1) is 5.92 Å². The summed E-state index contributed by atoms with van der Waals surface area (Å²) in [6.07, 6.45) is 4.14. The number of aliphatic carboxylic acids is 1. The topological polar surface area (TPSA) is 158 Å². The summed E-state index contributed by atoms with van der Waals surface area (Å²) in [5, 5.41) is 18.2. The number of nitrogens with one attached hydrogen (secondary N) is 3. The van der Waals surface area contributed by atoms with Gasteiger partial charge < -0.3 is 35.7 Å². The first-order chi connectivity index (χ1) is 22.0. The van der Waals surface area contributed by atoms with E-state index >= 15 is 0 Å². The Morgan fingerprint density at radius 1 is 0.717 bits per heavy atom. The van der Waals surface area contributed by atoms with Crippen LogP contribution in [-0.2, 0) is 24.0 Å². The van der Waals surface area contributed by atoms with Gasteiger partial charge in [0.15, 0.2) is 0 Å². The van der Waals surface area contributed by atoms with Gasteiger partial charge in [-0.25, -0.2) is 0 Å². The normalized spacial score (nSPS) is 16.5. The number of carboxylic acids is 1. The van der Waals surface area contributed by atoms with Gasteiger partial charge in [0.05, 0.1) is 19.6 Å². The first kappa shape index (κ1) is 41.4. The maximum atomic E-state index is 12.8. The van der Waals surface area contributed by atoms with Gasteiger partial charge in [-0.3, -0.25) is 33.9 Å². The van der Waals surface area contributed by atoms with Crippen molar-refractivity contribution in [1.82, 2.24) is 40.4 Å². The second-order valence-electron chi connectivity index (χ2n) is 12.6. The van der Waals surface area contributed by atoms with Crippen molar-refractivity contribution >= 4 is 30.0 Å². The molecule has 1 aliphatic rings. The molecule has 3 amide bonds. The second kappa shape index (κ2) is 25.4. The Morgan fingerprint density at radius 2 is 1.20 bits per heavy atom. The van der Waals surface area contributed by atoms with E-state index in [1.54, 1.807) is 0 Å². The smallest absolute Gasteiger partial charge is 0.317 e. The zero-order valence-corrected chi connectivity index (χ0v) is 28.9. The maximum absolute atomic E-state index is 12.8. The van der Waals surface area contributed by atoms with Gasteiger partial charge in [0.25, 0.3) is 0 Å². The lowest BCUT2D eigenvalue weighted by Crippen LogP contribution is -2.49. The van der Waals surface area contributed by atoms with Crippen LogP contribution < -0.4 is 16.0 Å². The molecule has 14 nitrogen and oxygen atoms in total. The van der Waals surface area contributed by atoms with E-state index in [4.69, 9.17) is 0 Å². The highest BCUT2D eigenvalue weighted by Gasteiger charge is 2.19. The molecule has 4 N–H and O–H groups in total. The highest BCUT2D eigenvalue weighted by molar-refractivity contribution is 5.79. The molecule has 1 saturated heterocycles. The fourth-order valence-electron chi connectivity index (χ4n) is 5.16. The summed E-state index contributed by atoms with van der Waals surface area (Å²) in [5.74, 6) is -0.426. The van der Waals surface area contributed by atoms with E-state index < -0.39 is 5.97 Å². The number of carbonyl (C=O) groups excluding carboxylic acids is 4. The van der Waals surface area contributed by atoms with Crippen molar-refractivity contribution in [3.63, 3.8) is 0 Å². The fourth-order valence-corrected chi connectivity index (χ4v) is 5.16. The minimum atomic E-state index is -0.897. The van der Waals surface area contributed by atoms with E-state index in [9.17, 15) is 29.1 Å². The SMILES string of the molecule is CCN1CCN(CC=O)CCN(CC(=O)O)CCN(CC(=O)NCCN(C)CCNC(=O)CCCC(=O)NCCCC(C)C)CC1. The summed E-state index contributed by atoms with van der Waals surface area (Å²) in [6.45, 7) is 15.9. The monoisotopic (exact) mass is 654 g/mol. The van der Waals surface area contributed by atoms with Gasteiger partial charge in [0, 0.05) is 97.9 Å². The van der Waals surface area contributed by atoms with Crippen LogP contribution in [0.1, 0.15) is 52.9 Å². The van der Waals surface area contributed by atoms with Crippen LogP contribution in [0.25, 0.3) is 0 Å². The van der Waals surface area contributed by atoms with Gasteiger partial charge in [-0.05, 0) is 38.8 Å². The lowest BCUT2D eigenvalue weighted by molar-refractivity contribution is -0.138. The number of likely N-dealkylation sites (N-methyl/N-ethyl adjacent to an activating group) is 2. The number of amides is 3. The van der Waals surface area contributed by atoms with Crippen LogP contribution in [-0.4, -0.2) is 178 Å². The second-order valence-corrected chi connectivity index (χ2v) is 12.6. The summed E-state index contributed by atoms with van der Waals surface area (Å²) in [4.78, 5) is 69.8. The third-order valence-corrected chi connectivity index (χ3v) is 8.16. The Morgan fingerprint density at radius 3 is 1.70 bits per heavy atom. The number of hydrogen-bond acceptors (Lipinski definition) is 10. The zero-order valence-electron chi connectivity index (χ0n) is 28.9. The molecule has 0 aromatic carbocycles. The molecular formula is C32H62N8O6. The van der Waals surface area contributed by atoms with Crippen molar-refractivity contribution in [2.24, 2.45) is 5.92 Å². The van der Waals surface area contributed by atoms with Crippen LogP contribution in [0.3, 0.4) is 0 Å². The van der Waals surface area contributed by atoms with E-state index in [1.807, 2.05) is 16.8 Å². The third-order valence-electron chi connectivity index (χ3n) is 8.16. The largest absolute Gasteiger partial charge is 0.480 e. The molecule has 266 valence electrons. The predicted molar refractivity (Wildman–Crippen MR) is 180 cm³/mol. The van der Waals surface area contributed by atoms with Crippen molar-refractivity contribution in [2.75, 3.05) is 118 Å². The van der Waals surface area contributed by atoms with Crippen molar-refractivity contribution in [3.05, 3.63) is 0 Å². The minimum absolute atomic E-state index is 0.00644. The van der Waals surface area contributed by atoms with Gasteiger partial charge in [0.2, 0.25) is 17.7 Å². The average molecular weight is 655 g/mol. The number of nitrogens with zero attached hydrogens (tertiary/aromatic N) is 5. The number of carbonyl (C=O) groups is 5. The molecule has 0 bridgehead atoms. The maximum Gasteiger partial charge on any atom is 0.317 e. The number of carboxylic acid groups (broad SMARTS) is 1. The standard InChI is InChI=1S/C32H62N8O6/c1-5-37-16-18-38(24-25-41)19-21-40(27-32(45)46)23-22-39(20-17-37)26-31(44)35-13-15-36(4)14-12-34-30(43)10-6-9-29(42)33-11-7-8-28(2)3/h25,28H,5-24,26-27H2,1-4H3,(H,33,42)(H,34,43)(H,35,44)(H,45,46). The van der Waals surface area contributed by atoms with E-state index in [-0.39, 0.29) is 30.8 Å². The molecule has 1 rings (SSSR count). The van der Waals surface area contributed by atoms with Crippen molar-refractivity contribution < 1.29 is 29.1 Å². The summed E-state index contributed by atoms with van der Waals surface area (Å²) >= 11 is 0. The molecule has 1 fully saturated rings. The molecule has 1 aliphatic heterocycles. The van der Waals surface area contributed by atoms with Crippen molar-refractivity contribution in [1.29, 1.82) is 0 Å². The number of hydrogen-bond donors (Lipinski definition) is 4. The molecule has 0 atom stereocenters. The van der Waals surface area contributed by atoms with Crippen LogP contribution in [0.15, 0.2) is 0 Å². The predicted octanol–water partition coefficient (Wildman–Crippen LogP) is -0.602. The Balaban J connectivity index is 2.37. The molecule has 0 unspecified atom stereocenters. The van der Waals surface area contributed by atoms with Crippen LogP contribution in [0.5, 0.6) is 0 Å². The first-order valence-corrected chi connectivity index (χ1v) is 17.1. The zero-order chi connectivity index (χ0) is 34.2. The van der Waals surface area contributed by atoms with E-state index in [0.29, 0.717) is 97.2 Å². The first-order valence-electron chi connectivity index (χ1n) is 17.1. The van der Waals surface area contributed by atoms with Crippen LogP contribution in [0.4, 0.5) is 0 Å². The van der Waals surface area contributed by atoms with E-state index in [2.05, 4.69) is 51.4 Å². The molecule has 14 heteroatoms. The average Bonchev–Trinajstić information content (AvgIpc) is 2.99. The third kappa shape index (κ3) is 22.0. The summed E-state index contributed by atoms with van der Waals surface area (Å²) in [7, 11) is 1.94. The summed E-state index contributed by atoms with van der Waals surface area (Å²) in [6, 6.07) is 0. The molecular weight excluding hydrogens is 592 g/mol. The quantitative estimate of drug-likeness (QED) is 0.0926. The summed E-state index contributed by atoms with van der Waals surface area (Å²) in [5.41, 5.74) is 0. The number of aldehydes is 1. The lowest BCUT2D eigenvalue weighted by atomic mass is 10.1. The molecule has 0 aromatic rings. The Kier molecular flexibility index (Phi) is 22.9. The molecule has 0 radical (unpaired) electrons. The van der Waals surface area contributed by atoms with Crippen LogP contribution in [0.2, 0.25) is 0 Å². The molecule has 46 heavy (non-hydrogen) atoms. The minimum Gasteiger partial charge on any atom is -0.480 e. The van der Waals surface area contributed by atoms with Gasteiger partial charge in [0.1, 0.15) is 6.29 Å². The van der Waals surface area contributed by atoms with E-state index in [0.717, 1.165) is 45.3 Å². The molecule has 0 saturated carbocycles. The molecule has 0 spiro atoms. The summed E-state index contributed by atoms with van der Waals surface area (Å²) < 4.78 is 0. The van der Waals surface area contributed by atoms with Crippen LogP contribution >= 0.6 is 0 Å². The molecule has 0 aliphatic carbocycles. The van der Waals surface area contributed by atoms with Gasteiger partial charge >= 0.3 is 5.97 Å². The Bertz CT molecular complexity index is 893. The van der Waals surface area contributed by atoms with Gasteiger partial charge in [-0.15, -0.1) is 0 Å². The fraction of sp³-hybridized carbons (Fsp3) is 0.844.